The molecule has 0 aliphatic rings. The highest BCUT2D eigenvalue weighted by molar-refractivity contribution is 7.16. The number of ether oxygens (including phenoxy) is 1. The number of carbonyl (C=O) groups excluding carboxylic acids is 2. The first-order valence-electron chi connectivity index (χ1n) is 7.44. The smallest absolute Gasteiger partial charge is 0.341 e. The van der Waals surface area contributed by atoms with Crippen LogP contribution >= 0.6 is 11.3 Å². The fourth-order valence-electron chi connectivity index (χ4n) is 1.90. The molecule has 0 fully saturated rings. The molecule has 0 aliphatic carbocycles. The van der Waals surface area contributed by atoms with Gasteiger partial charge in [0.25, 0.3) is 5.91 Å². The summed E-state index contributed by atoms with van der Waals surface area (Å²) in [6, 6.07) is 5.04. The van der Waals surface area contributed by atoms with Gasteiger partial charge >= 0.3 is 5.97 Å². The molecule has 23 heavy (non-hydrogen) atoms. The van der Waals surface area contributed by atoms with Crippen LogP contribution in [0.15, 0.2) is 30.6 Å². The fourth-order valence-corrected chi connectivity index (χ4v) is 2.94. The van der Waals surface area contributed by atoms with E-state index in [4.69, 9.17) is 4.74 Å². The van der Waals surface area contributed by atoms with E-state index in [0.29, 0.717) is 16.1 Å². The maximum atomic E-state index is 12.3. The van der Waals surface area contributed by atoms with E-state index in [1.807, 2.05) is 13.8 Å². The van der Waals surface area contributed by atoms with Crippen LogP contribution in [0, 0.1) is 0 Å². The van der Waals surface area contributed by atoms with Gasteiger partial charge in [0, 0.05) is 22.8 Å². The van der Waals surface area contributed by atoms with Crippen molar-refractivity contribution in [1.82, 2.24) is 4.98 Å². The molecule has 1 amide bonds. The van der Waals surface area contributed by atoms with Crippen LogP contribution in [0.1, 0.15) is 59.2 Å². The van der Waals surface area contributed by atoms with Crippen LogP contribution in [-0.2, 0) is 4.74 Å². The molecule has 0 spiro atoms. The van der Waals surface area contributed by atoms with Crippen molar-refractivity contribution in [3.63, 3.8) is 0 Å². The molecule has 0 aliphatic heterocycles. The van der Waals surface area contributed by atoms with Gasteiger partial charge in [-0.05, 0) is 38.0 Å². The lowest BCUT2D eigenvalue weighted by atomic mass is 10.1. The maximum Gasteiger partial charge on any atom is 0.341 e. The second kappa shape index (κ2) is 7.37. The number of amides is 1. The molecule has 2 aromatic heterocycles. The average molecular weight is 332 g/mol. The zero-order valence-electron chi connectivity index (χ0n) is 13.6. The van der Waals surface area contributed by atoms with Crippen molar-refractivity contribution in [2.45, 2.75) is 39.7 Å². The van der Waals surface area contributed by atoms with Gasteiger partial charge in [-0.3, -0.25) is 9.78 Å². The van der Waals surface area contributed by atoms with Crippen LogP contribution in [0.4, 0.5) is 5.00 Å². The first-order valence-corrected chi connectivity index (χ1v) is 8.26. The molecule has 1 N–H and O–H groups in total. The summed E-state index contributed by atoms with van der Waals surface area (Å²) in [7, 11) is 0. The number of rotatable bonds is 5. The number of nitrogens with zero attached hydrogens (tertiary/aromatic N) is 1. The van der Waals surface area contributed by atoms with E-state index in [1.165, 1.54) is 11.3 Å². The van der Waals surface area contributed by atoms with E-state index in [9.17, 15) is 9.59 Å². The second-order valence-corrected chi connectivity index (χ2v) is 6.77. The Balaban J connectivity index is 2.29. The summed E-state index contributed by atoms with van der Waals surface area (Å²) in [5.41, 5.74) is 0.887. The Morgan fingerprint density at radius 2 is 1.83 bits per heavy atom. The lowest BCUT2D eigenvalue weighted by Gasteiger charge is -2.09. The number of nitrogens with one attached hydrogen (secondary N) is 1. The first kappa shape index (κ1) is 17.1. The SMILES string of the molecule is CC(C)OC(=O)c1cc(C(C)C)sc1NC(=O)c1ccncc1. The van der Waals surface area contributed by atoms with Gasteiger partial charge in [0.05, 0.1) is 11.7 Å². The Morgan fingerprint density at radius 1 is 1.17 bits per heavy atom. The molecule has 2 aromatic rings. The molecule has 0 unspecified atom stereocenters. The highest BCUT2D eigenvalue weighted by Crippen LogP contribution is 2.33. The van der Waals surface area contributed by atoms with E-state index < -0.39 is 5.97 Å². The summed E-state index contributed by atoms with van der Waals surface area (Å²) in [5.74, 6) is -0.437. The van der Waals surface area contributed by atoms with Crippen molar-refractivity contribution in [2.75, 3.05) is 5.32 Å². The molecule has 2 heterocycles. The van der Waals surface area contributed by atoms with Crippen molar-refractivity contribution in [1.29, 1.82) is 0 Å². The van der Waals surface area contributed by atoms with Crippen molar-refractivity contribution in [3.05, 3.63) is 46.6 Å². The molecule has 0 aromatic carbocycles. The molecule has 0 saturated carbocycles. The van der Waals surface area contributed by atoms with Gasteiger partial charge < -0.3 is 10.1 Å². The van der Waals surface area contributed by atoms with Crippen molar-refractivity contribution < 1.29 is 14.3 Å². The number of hydrogen-bond acceptors (Lipinski definition) is 5. The number of esters is 1. The number of carbonyl (C=O) groups is 2. The third-order valence-corrected chi connectivity index (χ3v) is 4.40. The van der Waals surface area contributed by atoms with Gasteiger partial charge in [0.2, 0.25) is 0 Å². The van der Waals surface area contributed by atoms with Crippen molar-refractivity contribution >= 4 is 28.2 Å². The molecule has 0 saturated heterocycles. The summed E-state index contributed by atoms with van der Waals surface area (Å²) in [6.45, 7) is 7.67. The average Bonchev–Trinajstić information content (AvgIpc) is 2.91. The van der Waals surface area contributed by atoms with Gasteiger partial charge in [-0.25, -0.2) is 4.79 Å². The minimum atomic E-state index is -0.423. The van der Waals surface area contributed by atoms with E-state index in [1.54, 1.807) is 44.4 Å². The number of pyridine rings is 1. The third-order valence-electron chi connectivity index (χ3n) is 3.05. The number of aromatic nitrogens is 1. The fraction of sp³-hybridized carbons (Fsp3) is 0.353. The van der Waals surface area contributed by atoms with E-state index in [-0.39, 0.29) is 17.9 Å². The summed E-state index contributed by atoms with van der Waals surface area (Å²) in [6.07, 6.45) is 2.89. The molecular weight excluding hydrogens is 312 g/mol. The zero-order chi connectivity index (χ0) is 17.0. The number of anilines is 1. The van der Waals surface area contributed by atoms with Gasteiger partial charge in [0.15, 0.2) is 0 Å². The van der Waals surface area contributed by atoms with Gasteiger partial charge in [-0.1, -0.05) is 13.8 Å². The highest BCUT2D eigenvalue weighted by Gasteiger charge is 2.21. The van der Waals surface area contributed by atoms with Crippen LogP contribution in [0.5, 0.6) is 0 Å². The lowest BCUT2D eigenvalue weighted by Crippen LogP contribution is -2.16. The normalized spacial score (nSPS) is 10.9. The third kappa shape index (κ3) is 4.39. The van der Waals surface area contributed by atoms with E-state index >= 15 is 0 Å². The Bertz CT molecular complexity index is 693. The van der Waals surface area contributed by atoms with Crippen LogP contribution in [-0.4, -0.2) is 23.0 Å². The lowest BCUT2D eigenvalue weighted by molar-refractivity contribution is 0.0379. The minimum absolute atomic E-state index is 0.214. The molecule has 5 nitrogen and oxygen atoms in total. The summed E-state index contributed by atoms with van der Waals surface area (Å²) in [4.78, 5) is 29.5. The Morgan fingerprint density at radius 3 is 2.39 bits per heavy atom. The second-order valence-electron chi connectivity index (χ2n) is 5.69. The maximum absolute atomic E-state index is 12.3. The van der Waals surface area contributed by atoms with Crippen LogP contribution in [0.2, 0.25) is 0 Å². The van der Waals surface area contributed by atoms with Crippen LogP contribution in [0.3, 0.4) is 0 Å². The summed E-state index contributed by atoms with van der Waals surface area (Å²) >= 11 is 1.40. The molecular formula is C17H20N2O3S. The van der Waals surface area contributed by atoms with Gasteiger partial charge in [-0.2, -0.15) is 0 Å². The highest BCUT2D eigenvalue weighted by atomic mass is 32.1. The van der Waals surface area contributed by atoms with Gasteiger partial charge in [-0.15, -0.1) is 11.3 Å². The molecule has 6 heteroatoms. The molecule has 2 rings (SSSR count). The number of hydrogen-bond donors (Lipinski definition) is 1. The Hall–Kier alpha value is -2.21. The van der Waals surface area contributed by atoms with E-state index in [0.717, 1.165) is 4.88 Å². The predicted octanol–water partition coefficient (Wildman–Crippen LogP) is 4.08. The summed E-state index contributed by atoms with van der Waals surface area (Å²) in [5, 5.41) is 3.32. The van der Waals surface area contributed by atoms with Gasteiger partial charge in [0.1, 0.15) is 5.00 Å². The first-order chi connectivity index (χ1) is 10.9. The van der Waals surface area contributed by atoms with Crippen LogP contribution < -0.4 is 5.32 Å². The molecule has 122 valence electrons. The largest absolute Gasteiger partial charge is 0.459 e. The van der Waals surface area contributed by atoms with Crippen LogP contribution in [0.25, 0.3) is 0 Å². The Labute approximate surface area is 139 Å². The summed E-state index contributed by atoms with van der Waals surface area (Å²) < 4.78 is 5.26. The standard InChI is InChI=1S/C17H20N2O3S/c1-10(2)14-9-13(17(21)22-11(3)4)16(23-14)19-15(20)12-5-7-18-8-6-12/h5-11H,1-4H3,(H,19,20). The number of thiophene rings is 1. The topological polar surface area (TPSA) is 68.3 Å². The van der Waals surface area contributed by atoms with Crippen molar-refractivity contribution in [3.8, 4) is 0 Å². The monoisotopic (exact) mass is 332 g/mol. The Kier molecular flexibility index (Phi) is 5.50. The zero-order valence-corrected chi connectivity index (χ0v) is 14.4. The molecule has 0 bridgehead atoms. The quantitative estimate of drug-likeness (QED) is 0.838. The molecule has 0 atom stereocenters. The van der Waals surface area contributed by atoms with E-state index in [2.05, 4.69) is 10.3 Å². The minimum Gasteiger partial charge on any atom is -0.459 e. The van der Waals surface area contributed by atoms with Crippen molar-refractivity contribution in [2.24, 2.45) is 0 Å². The predicted molar refractivity (Wildman–Crippen MR) is 91.1 cm³/mol. The molecule has 0 radical (unpaired) electrons.